The van der Waals surface area contributed by atoms with Crippen molar-refractivity contribution in [1.29, 1.82) is 0 Å². The van der Waals surface area contributed by atoms with E-state index in [1.807, 2.05) is 0 Å². The number of aromatic nitrogens is 5. The minimum atomic E-state index is -3.23. The zero-order valence-corrected chi connectivity index (χ0v) is 17.7. The van der Waals surface area contributed by atoms with Crippen LogP contribution in [0.25, 0.3) is 16.6 Å². The number of fused-ring (bicyclic) bond motifs is 1. The molecule has 0 aliphatic rings. The number of carbonyl (C=O) groups is 1. The molecule has 10 nitrogen and oxygen atoms in total. The molecule has 1 amide bonds. The Hall–Kier alpha value is -3.93. The first-order chi connectivity index (χ1) is 15.3. The molecular weight excluding hydrogens is 437 g/mol. The molecule has 0 atom stereocenters. The summed E-state index contributed by atoms with van der Waals surface area (Å²) in [5.74, 6) is -0.894. The lowest BCUT2D eigenvalue weighted by atomic mass is 10.2. The molecular formula is C20H18FN7O3S. The van der Waals surface area contributed by atoms with Crippen LogP contribution in [0.4, 0.5) is 10.3 Å². The lowest BCUT2D eigenvalue weighted by molar-refractivity contribution is 0.0951. The number of amides is 1. The summed E-state index contributed by atoms with van der Waals surface area (Å²) in [6.45, 7) is 0.0946. The second-order valence-electron chi connectivity index (χ2n) is 6.95. The van der Waals surface area contributed by atoms with Gasteiger partial charge in [0, 0.05) is 24.0 Å². The van der Waals surface area contributed by atoms with E-state index in [0.29, 0.717) is 27.8 Å². The predicted octanol–water partition coefficient (Wildman–Crippen LogP) is 1.69. The summed E-state index contributed by atoms with van der Waals surface area (Å²) in [4.78, 5) is 25.1. The minimum absolute atomic E-state index is 0.0946. The first-order valence-electron chi connectivity index (χ1n) is 9.39. The molecule has 2 N–H and O–H groups in total. The number of carbonyl (C=O) groups excluding carboxylic acids is 1. The Kier molecular flexibility index (Phi) is 5.77. The zero-order valence-electron chi connectivity index (χ0n) is 16.9. The van der Waals surface area contributed by atoms with E-state index in [2.05, 4.69) is 30.7 Å². The van der Waals surface area contributed by atoms with Crippen molar-refractivity contribution in [2.24, 2.45) is 0 Å². The number of nitrogens with one attached hydrogen (secondary N) is 2. The molecule has 0 unspecified atom stereocenters. The van der Waals surface area contributed by atoms with Gasteiger partial charge < -0.3 is 10.6 Å². The van der Waals surface area contributed by atoms with E-state index in [-0.39, 0.29) is 30.1 Å². The van der Waals surface area contributed by atoms with Crippen molar-refractivity contribution in [1.82, 2.24) is 30.0 Å². The Balaban J connectivity index is 1.51. The van der Waals surface area contributed by atoms with Crippen LogP contribution in [0.2, 0.25) is 0 Å². The Morgan fingerprint density at radius 1 is 1.12 bits per heavy atom. The lowest BCUT2D eigenvalue weighted by Crippen LogP contribution is -2.24. The number of hydrogen-bond acceptors (Lipinski definition) is 8. The van der Waals surface area contributed by atoms with Crippen LogP contribution >= 0.6 is 0 Å². The molecule has 0 aliphatic carbocycles. The Bertz CT molecular complexity index is 1390. The van der Waals surface area contributed by atoms with Gasteiger partial charge in [-0.2, -0.15) is 5.10 Å². The molecule has 4 aromatic rings. The molecule has 3 heterocycles. The quantitative estimate of drug-likeness (QED) is 0.430. The van der Waals surface area contributed by atoms with Crippen molar-refractivity contribution in [3.63, 3.8) is 0 Å². The highest BCUT2D eigenvalue weighted by Gasteiger charge is 2.15. The summed E-state index contributed by atoms with van der Waals surface area (Å²) < 4.78 is 37.3. The van der Waals surface area contributed by atoms with Gasteiger partial charge in [0.15, 0.2) is 9.84 Å². The van der Waals surface area contributed by atoms with E-state index >= 15 is 0 Å². The summed E-state index contributed by atoms with van der Waals surface area (Å²) >= 11 is 0. The fraction of sp³-hybridized carbons (Fsp3) is 0.150. The van der Waals surface area contributed by atoms with Gasteiger partial charge in [0.25, 0.3) is 5.91 Å². The maximum Gasteiger partial charge on any atom is 0.253 e. The second kappa shape index (κ2) is 8.67. The Labute approximate surface area is 182 Å². The molecule has 164 valence electrons. The fourth-order valence-corrected chi connectivity index (χ4v) is 3.34. The van der Waals surface area contributed by atoms with E-state index < -0.39 is 9.84 Å². The van der Waals surface area contributed by atoms with Gasteiger partial charge in [0.1, 0.15) is 11.7 Å². The summed E-state index contributed by atoms with van der Waals surface area (Å²) in [6.07, 6.45) is 7.12. The third kappa shape index (κ3) is 4.86. The Morgan fingerprint density at radius 2 is 1.91 bits per heavy atom. The molecule has 0 aliphatic heterocycles. The number of hydrogen-bond donors (Lipinski definition) is 2. The Morgan fingerprint density at radius 3 is 2.66 bits per heavy atom. The average molecular weight is 455 g/mol. The van der Waals surface area contributed by atoms with Crippen LogP contribution in [-0.4, -0.2) is 51.2 Å². The van der Waals surface area contributed by atoms with Crippen LogP contribution in [0.3, 0.4) is 0 Å². The molecule has 3 aromatic heterocycles. The molecule has 0 saturated carbocycles. The maximum absolute atomic E-state index is 13.2. The van der Waals surface area contributed by atoms with Crippen molar-refractivity contribution in [3.8, 4) is 5.69 Å². The highest BCUT2D eigenvalue weighted by Crippen LogP contribution is 2.21. The molecule has 1 aromatic carbocycles. The van der Waals surface area contributed by atoms with Gasteiger partial charge in [-0.05, 0) is 30.3 Å². The van der Waals surface area contributed by atoms with Crippen molar-refractivity contribution in [2.75, 3.05) is 17.4 Å². The highest BCUT2D eigenvalue weighted by atomic mass is 32.2. The van der Waals surface area contributed by atoms with E-state index in [1.165, 1.54) is 24.5 Å². The van der Waals surface area contributed by atoms with Crippen molar-refractivity contribution in [3.05, 3.63) is 72.2 Å². The summed E-state index contributed by atoms with van der Waals surface area (Å²) in [5, 5.41) is 10.3. The molecule has 0 radical (unpaired) electrons. The van der Waals surface area contributed by atoms with Crippen molar-refractivity contribution >= 4 is 32.6 Å². The minimum Gasteiger partial charge on any atom is -0.346 e. The number of rotatable bonds is 7. The van der Waals surface area contributed by atoms with Crippen LogP contribution in [0.15, 0.2) is 55.1 Å². The summed E-state index contributed by atoms with van der Waals surface area (Å²) in [7, 11) is -3.23. The number of nitrogens with zero attached hydrogens (tertiary/aromatic N) is 5. The molecule has 0 spiro atoms. The van der Waals surface area contributed by atoms with Gasteiger partial charge in [-0.25, -0.2) is 27.5 Å². The molecule has 0 bridgehead atoms. The summed E-state index contributed by atoms with van der Waals surface area (Å²) in [5.41, 5.74) is 2.04. The third-order valence-electron chi connectivity index (χ3n) is 4.45. The average Bonchev–Trinajstić information content (AvgIpc) is 3.21. The van der Waals surface area contributed by atoms with E-state index in [9.17, 15) is 17.6 Å². The third-order valence-corrected chi connectivity index (χ3v) is 5.12. The molecule has 32 heavy (non-hydrogen) atoms. The van der Waals surface area contributed by atoms with Crippen molar-refractivity contribution < 1.29 is 17.6 Å². The second-order valence-corrected chi connectivity index (χ2v) is 9.09. The van der Waals surface area contributed by atoms with Crippen molar-refractivity contribution in [2.45, 2.75) is 6.54 Å². The first-order valence-corrected chi connectivity index (χ1v) is 11.5. The predicted molar refractivity (Wildman–Crippen MR) is 115 cm³/mol. The number of halogens is 1. The van der Waals surface area contributed by atoms with Gasteiger partial charge in [-0.3, -0.25) is 9.78 Å². The number of sulfone groups is 1. The molecule has 0 fully saturated rings. The van der Waals surface area contributed by atoms with Gasteiger partial charge in [-0.1, -0.05) is 0 Å². The monoisotopic (exact) mass is 455 g/mol. The summed E-state index contributed by atoms with van der Waals surface area (Å²) in [6, 6.07) is 7.43. The first kappa shape index (κ1) is 21.3. The highest BCUT2D eigenvalue weighted by molar-refractivity contribution is 7.90. The fourth-order valence-electron chi connectivity index (χ4n) is 2.95. The smallest absolute Gasteiger partial charge is 0.253 e. The number of anilines is 1. The SMILES string of the molecule is CS(=O)(=O)CNc1nccc(CNC(=O)c2cncc3c2cnn3-c2ccc(F)cc2)n1. The normalized spacial score (nSPS) is 11.4. The van der Waals surface area contributed by atoms with Gasteiger partial charge >= 0.3 is 0 Å². The maximum atomic E-state index is 13.2. The number of benzene rings is 1. The van der Waals surface area contributed by atoms with E-state index in [1.54, 1.807) is 35.3 Å². The van der Waals surface area contributed by atoms with Gasteiger partial charge in [0.05, 0.1) is 41.4 Å². The zero-order chi connectivity index (χ0) is 22.7. The standard InChI is InChI=1S/C20H18FN7O3S/c1-32(30,31)12-25-20-23-7-6-14(27-20)8-24-19(29)17-9-22-11-18-16(17)10-26-28(18)15-4-2-13(21)3-5-15/h2-7,9-11H,8,12H2,1H3,(H,24,29)(H,23,25,27). The topological polar surface area (TPSA) is 132 Å². The van der Waals surface area contributed by atoms with Crippen LogP contribution in [-0.2, 0) is 16.4 Å². The van der Waals surface area contributed by atoms with E-state index in [0.717, 1.165) is 6.26 Å². The van der Waals surface area contributed by atoms with Gasteiger partial charge in [0.2, 0.25) is 5.95 Å². The molecule has 4 rings (SSSR count). The van der Waals surface area contributed by atoms with Crippen LogP contribution < -0.4 is 10.6 Å². The van der Waals surface area contributed by atoms with E-state index in [4.69, 9.17) is 0 Å². The van der Waals surface area contributed by atoms with Gasteiger partial charge in [-0.15, -0.1) is 0 Å². The number of pyridine rings is 1. The van der Waals surface area contributed by atoms with Crippen LogP contribution in [0.5, 0.6) is 0 Å². The largest absolute Gasteiger partial charge is 0.346 e. The van der Waals surface area contributed by atoms with Crippen LogP contribution in [0.1, 0.15) is 16.1 Å². The molecule has 0 saturated heterocycles. The van der Waals surface area contributed by atoms with Crippen LogP contribution in [0, 0.1) is 5.82 Å². The molecule has 12 heteroatoms. The lowest BCUT2D eigenvalue weighted by Gasteiger charge is -2.08.